The fourth-order valence-corrected chi connectivity index (χ4v) is 4.90. The van der Waals surface area contributed by atoms with Gasteiger partial charge < -0.3 is 19.5 Å². The lowest BCUT2D eigenvalue weighted by Gasteiger charge is -2.34. The zero-order valence-corrected chi connectivity index (χ0v) is 21.4. The summed E-state index contributed by atoms with van der Waals surface area (Å²) in [5.41, 5.74) is 0. The third kappa shape index (κ3) is 6.85. The van der Waals surface area contributed by atoms with E-state index < -0.39 is 0 Å². The summed E-state index contributed by atoms with van der Waals surface area (Å²) < 4.78 is 0. The van der Waals surface area contributed by atoms with Crippen molar-refractivity contribution in [3.8, 4) is 11.5 Å². The number of benzene rings is 1. The third-order valence-electron chi connectivity index (χ3n) is 6.91. The van der Waals surface area contributed by atoms with E-state index in [0.29, 0.717) is 13.1 Å². The van der Waals surface area contributed by atoms with Gasteiger partial charge in [-0.25, -0.2) is 0 Å². The standard InChI is InChI=1S/C26H42N4O4/c1-5-27(6-2)25(31)21-11-9-17-29(19-21)33-23-13-15-24(16-14-23)34-30-18-10-12-22(20-30)26(32)28(7-3)8-4/h13-16,21-22H,5-12,17-20H2,1-4H3. The molecule has 34 heavy (non-hydrogen) atoms. The molecule has 2 unspecified atom stereocenters. The summed E-state index contributed by atoms with van der Waals surface area (Å²) in [6.45, 7) is 13.9. The summed E-state index contributed by atoms with van der Waals surface area (Å²) >= 11 is 0. The highest BCUT2D eigenvalue weighted by molar-refractivity contribution is 5.79. The number of hydrogen-bond donors (Lipinski definition) is 0. The topological polar surface area (TPSA) is 65.6 Å². The lowest BCUT2D eigenvalue weighted by atomic mass is 9.98. The second-order valence-corrected chi connectivity index (χ2v) is 9.13. The largest absolute Gasteiger partial charge is 0.406 e. The molecule has 0 aliphatic carbocycles. The normalized spacial score (nSPS) is 21.6. The molecule has 0 bridgehead atoms. The maximum atomic E-state index is 12.7. The van der Waals surface area contributed by atoms with Crippen molar-refractivity contribution in [2.75, 3.05) is 52.4 Å². The minimum Gasteiger partial charge on any atom is -0.406 e. The van der Waals surface area contributed by atoms with Crippen molar-refractivity contribution in [1.29, 1.82) is 0 Å². The Morgan fingerprint density at radius 2 is 1.09 bits per heavy atom. The van der Waals surface area contributed by atoms with Gasteiger partial charge >= 0.3 is 0 Å². The van der Waals surface area contributed by atoms with Gasteiger partial charge in [0.05, 0.1) is 11.8 Å². The Labute approximate surface area is 204 Å². The van der Waals surface area contributed by atoms with E-state index in [-0.39, 0.29) is 23.7 Å². The summed E-state index contributed by atoms with van der Waals surface area (Å²) in [6.07, 6.45) is 3.72. The molecule has 2 amide bonds. The van der Waals surface area contributed by atoms with Crippen molar-refractivity contribution >= 4 is 11.8 Å². The summed E-state index contributed by atoms with van der Waals surface area (Å²) in [6, 6.07) is 7.59. The fourth-order valence-electron chi connectivity index (χ4n) is 4.90. The Bertz CT molecular complexity index is 715. The molecular formula is C26H42N4O4. The van der Waals surface area contributed by atoms with Gasteiger partial charge in [0, 0.05) is 52.4 Å². The second kappa shape index (κ2) is 13.0. The number of hydrogen-bond acceptors (Lipinski definition) is 6. The number of carbonyl (C=O) groups excluding carboxylic acids is 2. The highest BCUT2D eigenvalue weighted by Crippen LogP contribution is 2.25. The number of amides is 2. The van der Waals surface area contributed by atoms with Crippen molar-refractivity contribution in [2.45, 2.75) is 53.4 Å². The summed E-state index contributed by atoms with van der Waals surface area (Å²) in [4.78, 5) is 41.4. The maximum absolute atomic E-state index is 12.7. The van der Waals surface area contributed by atoms with E-state index >= 15 is 0 Å². The van der Waals surface area contributed by atoms with Crippen molar-refractivity contribution in [1.82, 2.24) is 19.9 Å². The van der Waals surface area contributed by atoms with Gasteiger partial charge in [-0.05, 0) is 77.6 Å². The molecule has 2 heterocycles. The van der Waals surface area contributed by atoms with Crippen molar-refractivity contribution in [2.24, 2.45) is 11.8 Å². The van der Waals surface area contributed by atoms with Crippen LogP contribution in [0.1, 0.15) is 53.4 Å². The number of rotatable bonds is 10. The number of piperidine rings is 2. The molecule has 2 atom stereocenters. The van der Waals surface area contributed by atoms with E-state index in [1.807, 2.05) is 71.9 Å². The molecule has 190 valence electrons. The first-order chi connectivity index (χ1) is 16.5. The molecule has 0 saturated carbocycles. The SMILES string of the molecule is CCN(CC)C(=O)C1CCCN(Oc2ccc(ON3CCCC(C(=O)N(CC)CC)C3)cc2)C1. The molecule has 0 spiro atoms. The Hall–Kier alpha value is -2.32. The molecule has 2 aliphatic heterocycles. The van der Waals surface area contributed by atoms with Gasteiger partial charge in [-0.3, -0.25) is 9.59 Å². The van der Waals surface area contributed by atoms with Gasteiger partial charge in [-0.2, -0.15) is 0 Å². The molecule has 0 aromatic heterocycles. The first-order valence-electron chi connectivity index (χ1n) is 13.0. The highest BCUT2D eigenvalue weighted by atomic mass is 16.7. The minimum absolute atomic E-state index is 0.0117. The average Bonchev–Trinajstić information content (AvgIpc) is 2.87. The van der Waals surface area contributed by atoms with Gasteiger partial charge in [-0.1, -0.05) is 0 Å². The van der Waals surface area contributed by atoms with E-state index in [9.17, 15) is 9.59 Å². The molecule has 0 radical (unpaired) electrons. The van der Waals surface area contributed by atoms with Gasteiger partial charge in [0.1, 0.15) is 11.5 Å². The third-order valence-corrected chi connectivity index (χ3v) is 6.91. The molecule has 8 nitrogen and oxygen atoms in total. The lowest BCUT2D eigenvalue weighted by molar-refractivity contribution is -0.145. The van der Waals surface area contributed by atoms with Crippen LogP contribution in [0.2, 0.25) is 0 Å². The zero-order chi connectivity index (χ0) is 24.5. The predicted octanol–water partition coefficient (Wildman–Crippen LogP) is 3.44. The Morgan fingerprint density at radius 1 is 0.735 bits per heavy atom. The predicted molar refractivity (Wildman–Crippen MR) is 132 cm³/mol. The van der Waals surface area contributed by atoms with E-state index in [0.717, 1.165) is 76.5 Å². The molecule has 2 aliphatic rings. The van der Waals surface area contributed by atoms with Crippen LogP contribution in [0.15, 0.2) is 24.3 Å². The van der Waals surface area contributed by atoms with Gasteiger partial charge in [0.2, 0.25) is 11.8 Å². The first-order valence-corrected chi connectivity index (χ1v) is 13.0. The van der Waals surface area contributed by atoms with Crippen LogP contribution in [0.5, 0.6) is 11.5 Å². The Morgan fingerprint density at radius 3 is 1.41 bits per heavy atom. The molecule has 2 saturated heterocycles. The van der Waals surface area contributed by atoms with Gasteiger partial charge in [-0.15, -0.1) is 10.1 Å². The number of hydroxylamine groups is 4. The van der Waals surface area contributed by atoms with Crippen LogP contribution >= 0.6 is 0 Å². The number of carbonyl (C=O) groups is 2. The monoisotopic (exact) mass is 474 g/mol. The van der Waals surface area contributed by atoms with Gasteiger partial charge in [0.25, 0.3) is 0 Å². The van der Waals surface area contributed by atoms with Crippen LogP contribution in [0.3, 0.4) is 0 Å². The molecule has 1 aromatic rings. The van der Waals surface area contributed by atoms with E-state index in [4.69, 9.17) is 9.68 Å². The van der Waals surface area contributed by atoms with E-state index in [2.05, 4.69) is 0 Å². The summed E-state index contributed by atoms with van der Waals surface area (Å²) in [5, 5.41) is 3.80. The molecule has 8 heteroatoms. The molecule has 3 rings (SSSR count). The molecular weight excluding hydrogens is 432 g/mol. The summed E-state index contributed by atoms with van der Waals surface area (Å²) in [7, 11) is 0. The zero-order valence-electron chi connectivity index (χ0n) is 21.4. The Balaban J connectivity index is 1.51. The van der Waals surface area contributed by atoms with E-state index in [1.165, 1.54) is 0 Å². The van der Waals surface area contributed by atoms with E-state index in [1.54, 1.807) is 0 Å². The van der Waals surface area contributed by atoms with Crippen LogP contribution in [-0.4, -0.2) is 84.1 Å². The highest BCUT2D eigenvalue weighted by Gasteiger charge is 2.30. The molecule has 0 N–H and O–H groups in total. The second-order valence-electron chi connectivity index (χ2n) is 9.13. The fraction of sp³-hybridized carbons (Fsp3) is 0.692. The quantitative estimate of drug-likeness (QED) is 0.518. The van der Waals surface area contributed by atoms with Crippen molar-refractivity contribution in [3.63, 3.8) is 0 Å². The molecule has 1 aromatic carbocycles. The van der Waals surface area contributed by atoms with Crippen LogP contribution in [0.25, 0.3) is 0 Å². The summed E-state index contributed by atoms with van der Waals surface area (Å²) in [5.74, 6) is 1.89. The molecule has 2 fully saturated rings. The van der Waals surface area contributed by atoms with Crippen LogP contribution < -0.4 is 9.68 Å². The smallest absolute Gasteiger partial charge is 0.227 e. The Kier molecular flexibility index (Phi) is 10.0. The maximum Gasteiger partial charge on any atom is 0.227 e. The number of nitrogens with zero attached hydrogens (tertiary/aromatic N) is 4. The minimum atomic E-state index is -0.0117. The lowest BCUT2D eigenvalue weighted by Crippen LogP contribution is -2.46. The van der Waals surface area contributed by atoms with Crippen LogP contribution in [0, 0.1) is 11.8 Å². The first kappa shape index (κ1) is 26.3. The van der Waals surface area contributed by atoms with Crippen molar-refractivity contribution in [3.05, 3.63) is 24.3 Å². The van der Waals surface area contributed by atoms with Gasteiger partial charge in [0.15, 0.2) is 0 Å². The average molecular weight is 475 g/mol. The van der Waals surface area contributed by atoms with Crippen LogP contribution in [0.4, 0.5) is 0 Å². The van der Waals surface area contributed by atoms with Crippen LogP contribution in [-0.2, 0) is 9.59 Å². The van der Waals surface area contributed by atoms with Crippen molar-refractivity contribution < 1.29 is 19.3 Å².